The number of carbonyl (C=O) groups is 2. The second-order valence-corrected chi connectivity index (χ2v) is 8.41. The minimum atomic E-state index is -0.529. The van der Waals surface area contributed by atoms with Crippen molar-refractivity contribution in [2.24, 2.45) is 0 Å². The molecule has 8 heteroatoms. The lowest BCUT2D eigenvalue weighted by Gasteiger charge is -2.34. The number of amides is 1. The number of H-pyrrole nitrogens is 1. The van der Waals surface area contributed by atoms with Gasteiger partial charge in [0.1, 0.15) is 6.10 Å². The van der Waals surface area contributed by atoms with Crippen LogP contribution in [0, 0.1) is 0 Å². The number of hydrogen-bond donors (Lipinski definition) is 1. The van der Waals surface area contributed by atoms with Gasteiger partial charge in [-0.2, -0.15) is 0 Å². The molecule has 0 radical (unpaired) electrons. The number of aromatic nitrogens is 1. The van der Waals surface area contributed by atoms with Gasteiger partial charge in [0, 0.05) is 57.5 Å². The second-order valence-electron chi connectivity index (χ2n) is 8.41. The Balaban J connectivity index is 1.07. The van der Waals surface area contributed by atoms with Gasteiger partial charge in [-0.3, -0.25) is 14.7 Å². The minimum absolute atomic E-state index is 0.00149. The summed E-state index contributed by atoms with van der Waals surface area (Å²) in [4.78, 5) is 42.9. The number of Topliss-reactive ketones (excluding diaryl/α,β-unsaturated/α-hetero) is 1. The molecule has 1 fully saturated rings. The molecule has 1 N–H and O–H groups in total. The first kappa shape index (κ1) is 20.5. The van der Waals surface area contributed by atoms with E-state index in [0.717, 1.165) is 12.8 Å². The maximum absolute atomic E-state index is 12.6. The highest BCUT2D eigenvalue weighted by atomic mass is 16.6. The van der Waals surface area contributed by atoms with E-state index in [0.29, 0.717) is 55.8 Å². The molecule has 1 aliphatic heterocycles. The van der Waals surface area contributed by atoms with Crippen molar-refractivity contribution < 1.29 is 18.7 Å². The molecule has 2 aromatic carbocycles. The van der Waals surface area contributed by atoms with Gasteiger partial charge < -0.3 is 14.1 Å². The van der Waals surface area contributed by atoms with Gasteiger partial charge >= 0.3 is 11.8 Å². The molecule has 0 spiro atoms. The maximum atomic E-state index is 12.6. The lowest BCUT2D eigenvalue weighted by Crippen LogP contribution is -2.49. The van der Waals surface area contributed by atoms with E-state index >= 15 is 0 Å². The van der Waals surface area contributed by atoms with E-state index < -0.39 is 5.76 Å². The summed E-state index contributed by atoms with van der Waals surface area (Å²) in [6.45, 7) is 3.22. The Hall–Kier alpha value is -3.39. The number of rotatable bonds is 5. The number of benzene rings is 2. The second kappa shape index (κ2) is 8.63. The van der Waals surface area contributed by atoms with Crippen LogP contribution in [0.15, 0.2) is 51.7 Å². The van der Waals surface area contributed by atoms with Crippen molar-refractivity contribution in [3.05, 3.63) is 69.7 Å². The van der Waals surface area contributed by atoms with E-state index in [-0.39, 0.29) is 18.0 Å². The number of fused-ring (bicyclic) bond motifs is 2. The summed E-state index contributed by atoms with van der Waals surface area (Å²) < 4.78 is 10.8. The highest BCUT2D eigenvalue weighted by molar-refractivity contribution is 5.98. The van der Waals surface area contributed by atoms with Crippen LogP contribution in [0.1, 0.15) is 27.9 Å². The van der Waals surface area contributed by atoms with E-state index in [1.165, 1.54) is 11.1 Å². The van der Waals surface area contributed by atoms with Crippen molar-refractivity contribution in [2.45, 2.75) is 25.4 Å². The quantitative estimate of drug-likeness (QED) is 0.619. The number of nitrogens with one attached hydrogen (secondary N) is 1. The van der Waals surface area contributed by atoms with Crippen molar-refractivity contribution in [1.82, 2.24) is 14.8 Å². The third-order valence-electron chi connectivity index (χ3n) is 6.31. The van der Waals surface area contributed by atoms with Crippen LogP contribution in [0.25, 0.3) is 11.1 Å². The first-order chi connectivity index (χ1) is 15.5. The molecule has 0 atom stereocenters. The fraction of sp³-hybridized carbons (Fsp3) is 0.375. The number of piperazine rings is 1. The van der Waals surface area contributed by atoms with Crippen LogP contribution in [-0.2, 0) is 17.6 Å². The number of oxazole rings is 1. The summed E-state index contributed by atoms with van der Waals surface area (Å²) in [6, 6.07) is 13.2. The van der Waals surface area contributed by atoms with Crippen LogP contribution < -0.4 is 5.76 Å². The number of aromatic amines is 1. The van der Waals surface area contributed by atoms with E-state index in [1.54, 1.807) is 23.1 Å². The summed E-state index contributed by atoms with van der Waals surface area (Å²) in [5.74, 6) is -0.531. The summed E-state index contributed by atoms with van der Waals surface area (Å²) in [6.07, 6.45) is 1.59. The van der Waals surface area contributed by atoms with Crippen LogP contribution in [0.4, 0.5) is 4.79 Å². The van der Waals surface area contributed by atoms with Gasteiger partial charge in [-0.05, 0) is 29.3 Å². The normalized spacial score (nSPS) is 16.9. The Bertz CT molecular complexity index is 1180. The molecule has 0 unspecified atom stereocenters. The van der Waals surface area contributed by atoms with Gasteiger partial charge in [-0.25, -0.2) is 9.59 Å². The first-order valence-corrected chi connectivity index (χ1v) is 11.0. The van der Waals surface area contributed by atoms with Crippen molar-refractivity contribution in [1.29, 1.82) is 0 Å². The molecule has 32 heavy (non-hydrogen) atoms. The van der Waals surface area contributed by atoms with Gasteiger partial charge in [0.15, 0.2) is 11.4 Å². The first-order valence-electron chi connectivity index (χ1n) is 11.0. The lowest BCUT2D eigenvalue weighted by molar-refractivity contribution is 0.0488. The van der Waals surface area contributed by atoms with Crippen LogP contribution in [0.5, 0.6) is 0 Å². The van der Waals surface area contributed by atoms with Crippen molar-refractivity contribution >= 4 is 23.0 Å². The Morgan fingerprint density at radius 3 is 2.47 bits per heavy atom. The Kier molecular flexibility index (Phi) is 5.53. The third kappa shape index (κ3) is 4.31. The van der Waals surface area contributed by atoms with Gasteiger partial charge in [-0.15, -0.1) is 0 Å². The summed E-state index contributed by atoms with van der Waals surface area (Å²) in [5.41, 5.74) is 4.02. The molecule has 8 nitrogen and oxygen atoms in total. The molecular weight excluding hydrogens is 410 g/mol. The predicted molar refractivity (Wildman–Crippen MR) is 118 cm³/mol. The van der Waals surface area contributed by atoms with Gasteiger partial charge in [-0.1, -0.05) is 24.3 Å². The van der Waals surface area contributed by atoms with Crippen LogP contribution >= 0.6 is 0 Å². The molecule has 5 rings (SSSR count). The summed E-state index contributed by atoms with van der Waals surface area (Å²) in [7, 11) is 0. The molecule has 3 aromatic rings. The molecule has 0 saturated carbocycles. The Morgan fingerprint density at radius 2 is 1.75 bits per heavy atom. The minimum Gasteiger partial charge on any atom is -0.445 e. The zero-order valence-corrected chi connectivity index (χ0v) is 17.7. The number of hydrogen-bond acceptors (Lipinski definition) is 6. The zero-order valence-electron chi connectivity index (χ0n) is 17.7. The molecule has 2 aliphatic rings. The van der Waals surface area contributed by atoms with Crippen LogP contribution in [0.2, 0.25) is 0 Å². The molecule has 1 aliphatic carbocycles. The van der Waals surface area contributed by atoms with Crippen molar-refractivity contribution in [2.75, 3.05) is 32.7 Å². The SMILES string of the molecule is O=C(CCN1CCN(C(=O)OC2Cc3ccccc3C2)CC1)c1ccc2[nH]c(=O)oc2c1. The van der Waals surface area contributed by atoms with E-state index in [9.17, 15) is 14.4 Å². The molecule has 2 heterocycles. The van der Waals surface area contributed by atoms with Crippen LogP contribution in [-0.4, -0.2) is 65.5 Å². The third-order valence-corrected chi connectivity index (χ3v) is 6.31. The number of carbonyl (C=O) groups excluding carboxylic acids is 2. The fourth-order valence-corrected chi connectivity index (χ4v) is 4.50. The van der Waals surface area contributed by atoms with Crippen molar-refractivity contribution in [3.8, 4) is 0 Å². The Morgan fingerprint density at radius 1 is 1.03 bits per heavy atom. The summed E-state index contributed by atoms with van der Waals surface area (Å²) in [5, 5.41) is 0. The monoisotopic (exact) mass is 435 g/mol. The average Bonchev–Trinajstić information content (AvgIpc) is 3.38. The molecule has 1 aromatic heterocycles. The molecule has 166 valence electrons. The number of nitrogens with zero attached hydrogens (tertiary/aromatic N) is 2. The zero-order chi connectivity index (χ0) is 22.1. The molecule has 1 amide bonds. The largest absolute Gasteiger partial charge is 0.445 e. The average molecular weight is 435 g/mol. The molecular formula is C24H25N3O5. The van der Waals surface area contributed by atoms with Crippen molar-refractivity contribution in [3.63, 3.8) is 0 Å². The standard InChI is InChI=1S/C24H25N3O5/c28-21(18-5-6-20-22(15-18)32-23(29)25-20)7-8-26-9-11-27(12-10-26)24(30)31-19-13-16-3-1-2-4-17(16)14-19/h1-6,15,19H,7-14H2,(H,25,29). The predicted octanol–water partition coefficient (Wildman–Crippen LogP) is 2.62. The highest BCUT2D eigenvalue weighted by Crippen LogP contribution is 2.24. The Labute approximate surface area is 184 Å². The van der Waals surface area contributed by atoms with E-state index in [2.05, 4.69) is 22.0 Å². The molecule has 0 bridgehead atoms. The van der Waals surface area contributed by atoms with E-state index in [4.69, 9.17) is 9.15 Å². The number of ether oxygens (including phenoxy) is 1. The topological polar surface area (TPSA) is 95.9 Å². The maximum Gasteiger partial charge on any atom is 0.417 e. The highest BCUT2D eigenvalue weighted by Gasteiger charge is 2.28. The fourth-order valence-electron chi connectivity index (χ4n) is 4.50. The smallest absolute Gasteiger partial charge is 0.417 e. The van der Waals surface area contributed by atoms with E-state index in [1.807, 2.05) is 12.1 Å². The summed E-state index contributed by atoms with van der Waals surface area (Å²) >= 11 is 0. The molecule has 1 saturated heterocycles. The lowest BCUT2D eigenvalue weighted by atomic mass is 10.1. The number of ketones is 1. The van der Waals surface area contributed by atoms with Gasteiger partial charge in [0.25, 0.3) is 0 Å². The van der Waals surface area contributed by atoms with Gasteiger partial charge in [0.05, 0.1) is 5.52 Å². The van der Waals surface area contributed by atoms with Gasteiger partial charge in [0.2, 0.25) is 0 Å². The van der Waals surface area contributed by atoms with Crippen LogP contribution in [0.3, 0.4) is 0 Å².